The van der Waals surface area contributed by atoms with Crippen LogP contribution in [0.2, 0.25) is 0 Å². The highest BCUT2D eigenvalue weighted by atomic mass is 16.2. The van der Waals surface area contributed by atoms with Crippen molar-refractivity contribution < 1.29 is 9.59 Å². The predicted molar refractivity (Wildman–Crippen MR) is 152 cm³/mol. The van der Waals surface area contributed by atoms with Gasteiger partial charge in [0.15, 0.2) is 5.82 Å². The molecule has 0 radical (unpaired) electrons. The molecule has 1 N–H and O–H groups in total. The van der Waals surface area contributed by atoms with E-state index in [1.165, 1.54) is 18.5 Å². The van der Waals surface area contributed by atoms with Crippen molar-refractivity contribution in [1.29, 1.82) is 0 Å². The van der Waals surface area contributed by atoms with Gasteiger partial charge in [0.2, 0.25) is 5.91 Å². The average molecular weight is 512 g/mol. The van der Waals surface area contributed by atoms with E-state index in [-0.39, 0.29) is 11.8 Å². The first-order valence-corrected chi connectivity index (χ1v) is 13.9. The van der Waals surface area contributed by atoms with E-state index >= 15 is 0 Å². The normalized spacial score (nSPS) is 15.9. The predicted octanol–water partition coefficient (Wildman–Crippen LogP) is 5.12. The largest absolute Gasteiger partial charge is 0.319 e. The molecule has 7 heteroatoms. The van der Waals surface area contributed by atoms with Crippen LogP contribution in [-0.4, -0.2) is 65.9 Å². The molecule has 2 amide bonds. The number of hydrogen-bond acceptors (Lipinski definition) is 5. The van der Waals surface area contributed by atoms with Crippen LogP contribution in [0.1, 0.15) is 48.0 Å². The maximum absolute atomic E-state index is 13.4. The number of carbonyl (C=O) groups excluding carboxylic acids is 2. The molecule has 198 valence electrons. The number of unbranched alkanes of at least 4 members (excludes halogenated alkanes) is 2. The van der Waals surface area contributed by atoms with Crippen LogP contribution in [0.4, 0.5) is 17.2 Å². The van der Waals surface area contributed by atoms with Crippen LogP contribution in [0.15, 0.2) is 72.9 Å². The molecule has 38 heavy (non-hydrogen) atoms. The monoisotopic (exact) mass is 511 g/mol. The summed E-state index contributed by atoms with van der Waals surface area (Å²) in [5, 5.41) is 2.89. The Hall–Kier alpha value is -3.55. The summed E-state index contributed by atoms with van der Waals surface area (Å²) in [4.78, 5) is 37.3. The number of pyridine rings is 1. The van der Waals surface area contributed by atoms with Gasteiger partial charge in [-0.15, -0.1) is 0 Å². The smallest absolute Gasteiger partial charge is 0.257 e. The van der Waals surface area contributed by atoms with Crippen LogP contribution >= 0.6 is 0 Å². The summed E-state index contributed by atoms with van der Waals surface area (Å²) in [7, 11) is 0. The molecule has 5 rings (SSSR count). The van der Waals surface area contributed by atoms with E-state index in [0.717, 1.165) is 58.4 Å². The van der Waals surface area contributed by atoms with Crippen molar-refractivity contribution in [3.63, 3.8) is 0 Å². The summed E-state index contributed by atoms with van der Waals surface area (Å²) >= 11 is 0. The SMILES string of the molecule is O=C1Nc2cccnc2N(C(=O)CCCCCN2CCN(CCCc3ccccc3)CC2)c2ccccc21. The highest BCUT2D eigenvalue weighted by Crippen LogP contribution is 2.36. The Labute approximate surface area is 225 Å². The minimum atomic E-state index is -0.221. The van der Waals surface area contributed by atoms with Crippen LogP contribution in [0, 0.1) is 0 Å². The number of benzene rings is 2. The highest BCUT2D eigenvalue weighted by molar-refractivity contribution is 6.17. The lowest BCUT2D eigenvalue weighted by molar-refractivity contribution is -0.118. The van der Waals surface area contributed by atoms with Gasteiger partial charge in [-0.1, -0.05) is 48.9 Å². The number of carbonyl (C=O) groups is 2. The maximum Gasteiger partial charge on any atom is 0.257 e. The van der Waals surface area contributed by atoms with Gasteiger partial charge in [-0.3, -0.25) is 14.5 Å². The molecule has 1 aromatic heterocycles. The van der Waals surface area contributed by atoms with E-state index in [4.69, 9.17) is 0 Å². The van der Waals surface area contributed by atoms with E-state index < -0.39 is 0 Å². The number of nitrogens with zero attached hydrogens (tertiary/aromatic N) is 4. The van der Waals surface area contributed by atoms with E-state index in [0.29, 0.717) is 29.2 Å². The fourth-order valence-corrected chi connectivity index (χ4v) is 5.38. The van der Waals surface area contributed by atoms with Gasteiger partial charge in [0.1, 0.15) is 0 Å². The quantitative estimate of drug-likeness (QED) is 0.383. The lowest BCUT2D eigenvalue weighted by atomic mass is 10.1. The van der Waals surface area contributed by atoms with Crippen molar-refractivity contribution >= 4 is 29.0 Å². The molecule has 0 unspecified atom stereocenters. The van der Waals surface area contributed by atoms with Crippen molar-refractivity contribution in [2.75, 3.05) is 49.5 Å². The number of nitrogens with one attached hydrogen (secondary N) is 1. The fraction of sp³-hybridized carbons (Fsp3) is 0.387. The topological polar surface area (TPSA) is 68.8 Å². The molecule has 0 spiro atoms. The van der Waals surface area contributed by atoms with Crippen molar-refractivity contribution in [3.05, 3.63) is 84.1 Å². The number of aromatic nitrogens is 1. The number of anilines is 3. The molecular formula is C31H37N5O2. The molecule has 3 aromatic rings. The molecular weight excluding hydrogens is 474 g/mol. The van der Waals surface area contributed by atoms with Gasteiger partial charge in [-0.05, 0) is 68.6 Å². The van der Waals surface area contributed by atoms with Gasteiger partial charge in [0.25, 0.3) is 5.91 Å². The number of amides is 2. The number of rotatable bonds is 10. The molecule has 2 aliphatic rings. The molecule has 0 aliphatic carbocycles. The lowest BCUT2D eigenvalue weighted by Crippen LogP contribution is -2.46. The van der Waals surface area contributed by atoms with Crippen LogP contribution in [0.25, 0.3) is 0 Å². The first-order valence-electron chi connectivity index (χ1n) is 13.9. The van der Waals surface area contributed by atoms with Gasteiger partial charge in [-0.2, -0.15) is 0 Å². The molecule has 7 nitrogen and oxygen atoms in total. The van der Waals surface area contributed by atoms with Crippen LogP contribution in [0.5, 0.6) is 0 Å². The summed E-state index contributed by atoms with van der Waals surface area (Å²) in [6, 6.07) is 21.5. The van der Waals surface area contributed by atoms with E-state index in [1.807, 2.05) is 18.2 Å². The first kappa shape index (κ1) is 26.1. The van der Waals surface area contributed by atoms with Crippen molar-refractivity contribution in [3.8, 4) is 0 Å². The molecule has 0 atom stereocenters. The molecule has 2 aliphatic heterocycles. The summed E-state index contributed by atoms with van der Waals surface area (Å²) in [6.07, 6.45) is 7.36. The van der Waals surface area contributed by atoms with Crippen LogP contribution < -0.4 is 10.2 Å². The summed E-state index contributed by atoms with van der Waals surface area (Å²) in [6.45, 7) is 6.78. The maximum atomic E-state index is 13.4. The Kier molecular flexibility index (Phi) is 8.78. The highest BCUT2D eigenvalue weighted by Gasteiger charge is 2.29. The first-order chi connectivity index (χ1) is 18.7. The van der Waals surface area contributed by atoms with Gasteiger partial charge in [0.05, 0.1) is 16.9 Å². The van der Waals surface area contributed by atoms with Crippen molar-refractivity contribution in [2.24, 2.45) is 0 Å². The Morgan fingerprint density at radius 1 is 0.789 bits per heavy atom. The van der Waals surface area contributed by atoms with E-state index in [9.17, 15) is 9.59 Å². The average Bonchev–Trinajstić information content (AvgIpc) is 3.08. The Balaban J connectivity index is 1.04. The summed E-state index contributed by atoms with van der Waals surface area (Å²) < 4.78 is 0. The summed E-state index contributed by atoms with van der Waals surface area (Å²) in [5.41, 5.74) is 3.06. The van der Waals surface area contributed by atoms with Gasteiger partial charge < -0.3 is 15.1 Å². The number of piperazine rings is 1. The second-order valence-corrected chi connectivity index (χ2v) is 10.2. The third-order valence-electron chi connectivity index (χ3n) is 7.50. The van der Waals surface area contributed by atoms with Crippen molar-refractivity contribution in [2.45, 2.75) is 38.5 Å². The number of hydrogen-bond donors (Lipinski definition) is 1. The van der Waals surface area contributed by atoms with Crippen LogP contribution in [-0.2, 0) is 11.2 Å². The zero-order valence-corrected chi connectivity index (χ0v) is 22.0. The molecule has 1 fully saturated rings. The minimum absolute atomic E-state index is 0.0296. The second-order valence-electron chi connectivity index (χ2n) is 10.2. The third kappa shape index (κ3) is 6.47. The van der Waals surface area contributed by atoms with Gasteiger partial charge in [0, 0.05) is 38.8 Å². The molecule has 3 heterocycles. The van der Waals surface area contributed by atoms with Gasteiger partial charge in [-0.25, -0.2) is 4.98 Å². The lowest BCUT2D eigenvalue weighted by Gasteiger charge is -2.34. The molecule has 0 saturated carbocycles. The Morgan fingerprint density at radius 2 is 1.50 bits per heavy atom. The van der Waals surface area contributed by atoms with Gasteiger partial charge >= 0.3 is 0 Å². The number of aryl methyl sites for hydroxylation is 1. The zero-order valence-electron chi connectivity index (χ0n) is 22.0. The van der Waals surface area contributed by atoms with E-state index in [1.54, 1.807) is 29.3 Å². The second kappa shape index (κ2) is 12.8. The summed E-state index contributed by atoms with van der Waals surface area (Å²) in [5.74, 6) is 0.233. The van der Waals surface area contributed by atoms with E-state index in [2.05, 4.69) is 50.4 Å². The van der Waals surface area contributed by atoms with Crippen LogP contribution in [0.3, 0.4) is 0 Å². The number of para-hydroxylation sites is 1. The minimum Gasteiger partial charge on any atom is -0.319 e. The Bertz CT molecular complexity index is 1220. The number of fused-ring (bicyclic) bond motifs is 2. The third-order valence-corrected chi connectivity index (χ3v) is 7.50. The molecule has 0 bridgehead atoms. The fourth-order valence-electron chi connectivity index (χ4n) is 5.38. The molecule has 2 aromatic carbocycles. The van der Waals surface area contributed by atoms with Crippen molar-refractivity contribution in [1.82, 2.24) is 14.8 Å². The Morgan fingerprint density at radius 3 is 2.29 bits per heavy atom. The standard InChI is InChI=1S/C31H37N5O2/c37-29(36-28-16-7-6-14-26(28)31(38)33-27-15-9-18-32-30(27)36)17-5-2-8-19-34-21-23-35(24-22-34)20-10-13-25-11-3-1-4-12-25/h1,3-4,6-7,9,11-12,14-16,18H,2,5,8,10,13,17,19-24H2,(H,33,38). The molecule has 1 saturated heterocycles. The zero-order chi connectivity index (χ0) is 26.2.